The van der Waals surface area contributed by atoms with Crippen LogP contribution in [0.3, 0.4) is 0 Å². The Kier molecular flexibility index (Phi) is 5.43. The van der Waals surface area contributed by atoms with Gasteiger partial charge in [-0.2, -0.15) is 13.2 Å². The highest BCUT2D eigenvalue weighted by molar-refractivity contribution is 5.74. The topological polar surface area (TPSA) is 84.2 Å². The van der Waals surface area contributed by atoms with Gasteiger partial charge in [0.25, 0.3) is 0 Å². The first-order valence-corrected chi connectivity index (χ1v) is 8.55. The van der Waals surface area contributed by atoms with Gasteiger partial charge in [0.15, 0.2) is 0 Å². The second kappa shape index (κ2) is 7.77. The highest BCUT2D eigenvalue weighted by atomic mass is 19.4. The van der Waals surface area contributed by atoms with E-state index in [1.807, 2.05) is 4.90 Å². The highest BCUT2D eigenvalue weighted by Gasteiger charge is 2.30. The van der Waals surface area contributed by atoms with Gasteiger partial charge in [0.1, 0.15) is 6.33 Å². The first-order valence-electron chi connectivity index (χ1n) is 8.55. The van der Waals surface area contributed by atoms with Crippen molar-refractivity contribution in [2.24, 2.45) is 0 Å². The maximum atomic E-state index is 12.7. The van der Waals surface area contributed by atoms with E-state index < -0.39 is 16.7 Å². The number of nitro groups is 1. The predicted molar refractivity (Wildman–Crippen MR) is 94.1 cm³/mol. The Balaban J connectivity index is 1.91. The molecule has 0 unspecified atom stereocenters. The maximum absolute atomic E-state index is 12.7. The van der Waals surface area contributed by atoms with Crippen LogP contribution < -0.4 is 10.2 Å². The van der Waals surface area contributed by atoms with Crippen LogP contribution in [0.15, 0.2) is 30.6 Å². The fourth-order valence-electron chi connectivity index (χ4n) is 3.02. The largest absolute Gasteiger partial charge is 0.416 e. The monoisotopic (exact) mass is 381 g/mol. The number of hydrogen-bond donors (Lipinski definition) is 1. The zero-order valence-electron chi connectivity index (χ0n) is 14.4. The van der Waals surface area contributed by atoms with E-state index in [1.165, 1.54) is 18.5 Å². The van der Waals surface area contributed by atoms with Crippen molar-refractivity contribution < 1.29 is 18.1 Å². The quantitative estimate of drug-likeness (QED) is 0.619. The van der Waals surface area contributed by atoms with Gasteiger partial charge in [0, 0.05) is 18.8 Å². The molecule has 1 saturated heterocycles. The molecule has 2 aromatic rings. The maximum Gasteiger partial charge on any atom is 0.416 e. The number of benzene rings is 1. The van der Waals surface area contributed by atoms with Gasteiger partial charge in [-0.25, -0.2) is 9.97 Å². The fraction of sp³-hybridized carbons (Fsp3) is 0.412. The van der Waals surface area contributed by atoms with Gasteiger partial charge < -0.3 is 10.2 Å². The molecule has 7 nitrogen and oxygen atoms in total. The third kappa shape index (κ3) is 4.44. The van der Waals surface area contributed by atoms with Crippen molar-refractivity contribution in [3.63, 3.8) is 0 Å². The van der Waals surface area contributed by atoms with Crippen LogP contribution in [0.1, 0.15) is 31.2 Å². The van der Waals surface area contributed by atoms with Gasteiger partial charge in [-0.1, -0.05) is 12.8 Å². The van der Waals surface area contributed by atoms with E-state index in [-0.39, 0.29) is 23.0 Å². The Morgan fingerprint density at radius 2 is 1.67 bits per heavy atom. The molecule has 0 saturated carbocycles. The molecule has 1 fully saturated rings. The molecule has 1 aliphatic rings. The van der Waals surface area contributed by atoms with Crippen LogP contribution in [0.4, 0.5) is 36.2 Å². The van der Waals surface area contributed by atoms with Crippen LogP contribution >= 0.6 is 0 Å². The lowest BCUT2D eigenvalue weighted by Gasteiger charge is -2.21. The third-order valence-electron chi connectivity index (χ3n) is 4.37. The number of alkyl halides is 3. The molecular formula is C17H18F3N5O2. The Hall–Kier alpha value is -2.91. The Labute approximate surface area is 153 Å². The van der Waals surface area contributed by atoms with Crippen molar-refractivity contribution in [2.45, 2.75) is 31.9 Å². The Morgan fingerprint density at radius 3 is 2.22 bits per heavy atom. The molecule has 144 valence electrons. The number of nitrogens with one attached hydrogen (secondary N) is 1. The zero-order chi connectivity index (χ0) is 19.4. The van der Waals surface area contributed by atoms with Crippen molar-refractivity contribution in [3.8, 4) is 0 Å². The van der Waals surface area contributed by atoms with E-state index in [9.17, 15) is 23.3 Å². The molecule has 2 heterocycles. The molecule has 0 bridgehead atoms. The molecule has 1 aromatic carbocycles. The van der Waals surface area contributed by atoms with Gasteiger partial charge in [0.05, 0.1) is 10.5 Å². The molecule has 1 aliphatic heterocycles. The van der Waals surface area contributed by atoms with Gasteiger partial charge >= 0.3 is 11.9 Å². The number of nitrogens with zero attached hydrogens (tertiary/aromatic N) is 4. The van der Waals surface area contributed by atoms with E-state index in [0.717, 1.165) is 37.8 Å². The van der Waals surface area contributed by atoms with Crippen molar-refractivity contribution >= 4 is 23.0 Å². The van der Waals surface area contributed by atoms with Crippen LogP contribution in [-0.4, -0.2) is 28.0 Å². The molecule has 10 heteroatoms. The summed E-state index contributed by atoms with van der Waals surface area (Å²) < 4.78 is 38.0. The Bertz CT molecular complexity index is 803. The average molecular weight is 381 g/mol. The zero-order valence-corrected chi connectivity index (χ0v) is 14.4. The molecule has 27 heavy (non-hydrogen) atoms. The first-order chi connectivity index (χ1) is 12.9. The summed E-state index contributed by atoms with van der Waals surface area (Å²) >= 11 is 0. The molecule has 3 rings (SSSR count). The average Bonchev–Trinajstić information content (AvgIpc) is 2.90. The molecule has 0 radical (unpaired) electrons. The highest BCUT2D eigenvalue weighted by Crippen LogP contribution is 2.35. The van der Waals surface area contributed by atoms with Gasteiger partial charge in [-0.3, -0.25) is 10.1 Å². The van der Waals surface area contributed by atoms with Crippen LogP contribution in [0.2, 0.25) is 0 Å². The molecule has 1 N–H and O–H groups in total. The van der Waals surface area contributed by atoms with Crippen molar-refractivity contribution in [3.05, 3.63) is 46.3 Å². The summed E-state index contributed by atoms with van der Waals surface area (Å²) in [5.41, 5.74) is -0.804. The van der Waals surface area contributed by atoms with Crippen molar-refractivity contribution in [1.82, 2.24) is 9.97 Å². The number of aromatic nitrogens is 2. The van der Waals surface area contributed by atoms with Crippen LogP contribution in [0.5, 0.6) is 0 Å². The van der Waals surface area contributed by atoms with E-state index >= 15 is 0 Å². The van der Waals surface area contributed by atoms with E-state index in [4.69, 9.17) is 0 Å². The summed E-state index contributed by atoms with van der Waals surface area (Å²) in [7, 11) is 0. The number of halogens is 3. The van der Waals surface area contributed by atoms with Gasteiger partial charge in [0.2, 0.25) is 11.6 Å². The minimum atomic E-state index is -4.45. The van der Waals surface area contributed by atoms with Crippen LogP contribution in [0.25, 0.3) is 0 Å². The lowest BCUT2D eigenvalue weighted by molar-refractivity contribution is -0.383. The lowest BCUT2D eigenvalue weighted by Crippen LogP contribution is -2.26. The van der Waals surface area contributed by atoms with E-state index in [0.29, 0.717) is 13.1 Å². The van der Waals surface area contributed by atoms with Crippen molar-refractivity contribution in [1.29, 1.82) is 0 Å². The minimum Gasteiger partial charge on any atom is -0.351 e. The number of hydrogen-bond acceptors (Lipinski definition) is 6. The molecule has 0 spiro atoms. The van der Waals surface area contributed by atoms with Crippen LogP contribution in [-0.2, 0) is 6.18 Å². The summed E-state index contributed by atoms with van der Waals surface area (Å²) in [4.78, 5) is 21.0. The van der Waals surface area contributed by atoms with E-state index in [1.54, 1.807) is 0 Å². The number of rotatable bonds is 4. The lowest BCUT2D eigenvalue weighted by atomic mass is 10.2. The summed E-state index contributed by atoms with van der Waals surface area (Å²) in [5.74, 6) is 0.181. The smallest absolute Gasteiger partial charge is 0.351 e. The van der Waals surface area contributed by atoms with Gasteiger partial charge in [-0.05, 0) is 37.1 Å². The third-order valence-corrected chi connectivity index (χ3v) is 4.37. The molecular weight excluding hydrogens is 363 g/mol. The second-order valence-corrected chi connectivity index (χ2v) is 6.25. The van der Waals surface area contributed by atoms with Crippen LogP contribution in [0, 0.1) is 10.1 Å². The summed E-state index contributed by atoms with van der Waals surface area (Å²) in [5, 5.41) is 14.4. The summed E-state index contributed by atoms with van der Waals surface area (Å²) in [6.07, 6.45) is 0.739. The summed E-state index contributed by atoms with van der Waals surface area (Å²) in [6.45, 7) is 1.33. The summed E-state index contributed by atoms with van der Waals surface area (Å²) in [6, 6.07) is 4.23. The SMILES string of the molecule is O=[N+]([O-])c1c(Nc2ccc(C(F)(F)F)cc2)ncnc1N1CCCCCC1. The predicted octanol–water partition coefficient (Wildman–Crippen LogP) is 4.53. The molecule has 1 aromatic heterocycles. The number of anilines is 3. The second-order valence-electron chi connectivity index (χ2n) is 6.25. The fourth-order valence-corrected chi connectivity index (χ4v) is 3.02. The first kappa shape index (κ1) is 18.9. The molecule has 0 aliphatic carbocycles. The molecule has 0 amide bonds. The Morgan fingerprint density at radius 1 is 1.04 bits per heavy atom. The molecule has 0 atom stereocenters. The standard InChI is InChI=1S/C17H18F3N5O2/c18-17(19,20)12-5-7-13(8-6-12)23-15-14(25(26)27)16(22-11-21-15)24-9-3-1-2-4-10-24/h5-8,11H,1-4,9-10H2,(H,21,22,23). The van der Waals surface area contributed by atoms with Gasteiger partial charge in [-0.15, -0.1) is 0 Å². The van der Waals surface area contributed by atoms with Crippen molar-refractivity contribution in [2.75, 3.05) is 23.3 Å². The minimum absolute atomic E-state index is 0.0472. The van der Waals surface area contributed by atoms with E-state index in [2.05, 4.69) is 15.3 Å². The normalized spacial score (nSPS) is 15.3.